The Labute approximate surface area is 126 Å². The number of alkyl halides is 1. The van der Waals surface area contributed by atoms with Gasteiger partial charge in [-0.2, -0.15) is 0 Å². The van der Waals surface area contributed by atoms with Crippen molar-refractivity contribution < 1.29 is 9.18 Å². The fourth-order valence-electron chi connectivity index (χ4n) is 1.95. The Bertz CT molecular complexity index is 640. The van der Waals surface area contributed by atoms with E-state index in [0.717, 1.165) is 11.1 Å². The molecule has 0 aliphatic carbocycles. The molecule has 0 aliphatic rings. The molecule has 2 aromatic rings. The van der Waals surface area contributed by atoms with Gasteiger partial charge in [0.2, 0.25) is 0 Å². The zero-order chi connectivity index (χ0) is 14.7. The smallest absolute Gasteiger partial charge is 0.258 e. The first-order valence-corrected chi connectivity index (χ1v) is 7.21. The van der Waals surface area contributed by atoms with Crippen molar-refractivity contribution in [1.29, 1.82) is 0 Å². The van der Waals surface area contributed by atoms with Crippen molar-refractivity contribution in [2.45, 2.75) is 18.7 Å². The monoisotopic (exact) mass is 335 g/mol. The van der Waals surface area contributed by atoms with Crippen molar-refractivity contribution in [1.82, 2.24) is 0 Å². The lowest BCUT2D eigenvalue weighted by Crippen LogP contribution is -2.15. The van der Waals surface area contributed by atoms with Crippen LogP contribution in [-0.4, -0.2) is 5.91 Å². The van der Waals surface area contributed by atoms with E-state index in [9.17, 15) is 9.18 Å². The SMILES string of the molecule is Cc1ccc(C(=O)Nc2ccccc2C(C)Br)c(F)c1. The Morgan fingerprint density at radius 1 is 1.25 bits per heavy atom. The Kier molecular flexibility index (Phi) is 4.55. The molecule has 0 heterocycles. The predicted octanol–water partition coefficient (Wildman–Crippen LogP) is 4.84. The quantitative estimate of drug-likeness (QED) is 0.798. The number of benzene rings is 2. The fraction of sp³-hybridized carbons (Fsp3) is 0.188. The van der Waals surface area contributed by atoms with Gasteiger partial charge >= 0.3 is 0 Å². The van der Waals surface area contributed by atoms with Gasteiger partial charge in [0.1, 0.15) is 5.82 Å². The first kappa shape index (κ1) is 14.7. The van der Waals surface area contributed by atoms with Gasteiger partial charge in [0, 0.05) is 10.5 Å². The number of carbonyl (C=O) groups is 1. The summed E-state index contributed by atoms with van der Waals surface area (Å²) in [5.41, 5.74) is 2.47. The first-order chi connectivity index (χ1) is 9.49. The lowest BCUT2D eigenvalue weighted by atomic mass is 10.1. The van der Waals surface area contributed by atoms with Crippen LogP contribution in [0.2, 0.25) is 0 Å². The molecule has 0 saturated carbocycles. The molecule has 2 rings (SSSR count). The molecule has 2 aromatic carbocycles. The Morgan fingerprint density at radius 3 is 2.60 bits per heavy atom. The van der Waals surface area contributed by atoms with Crippen molar-refractivity contribution in [3.63, 3.8) is 0 Å². The van der Waals surface area contributed by atoms with Crippen LogP contribution >= 0.6 is 15.9 Å². The summed E-state index contributed by atoms with van der Waals surface area (Å²) in [6.45, 7) is 3.75. The van der Waals surface area contributed by atoms with Crippen molar-refractivity contribution >= 4 is 27.5 Å². The van der Waals surface area contributed by atoms with Crippen molar-refractivity contribution in [3.05, 3.63) is 65.0 Å². The molecule has 0 spiro atoms. The summed E-state index contributed by atoms with van der Waals surface area (Å²) in [5.74, 6) is -0.949. The summed E-state index contributed by atoms with van der Waals surface area (Å²) in [4.78, 5) is 12.3. The number of hydrogen-bond acceptors (Lipinski definition) is 1. The molecule has 1 unspecified atom stereocenters. The zero-order valence-corrected chi connectivity index (χ0v) is 12.9. The molecule has 2 nitrogen and oxygen atoms in total. The van der Waals surface area contributed by atoms with E-state index in [4.69, 9.17) is 0 Å². The second-order valence-electron chi connectivity index (χ2n) is 4.64. The highest BCUT2D eigenvalue weighted by molar-refractivity contribution is 9.09. The van der Waals surface area contributed by atoms with Gasteiger partial charge < -0.3 is 5.32 Å². The van der Waals surface area contributed by atoms with E-state index in [2.05, 4.69) is 21.2 Å². The number of anilines is 1. The maximum atomic E-state index is 13.8. The van der Waals surface area contributed by atoms with Crippen molar-refractivity contribution in [2.24, 2.45) is 0 Å². The molecule has 20 heavy (non-hydrogen) atoms. The largest absolute Gasteiger partial charge is 0.322 e. The summed E-state index contributed by atoms with van der Waals surface area (Å²) >= 11 is 3.48. The van der Waals surface area contributed by atoms with Crippen LogP contribution in [-0.2, 0) is 0 Å². The molecule has 0 saturated heterocycles. The number of rotatable bonds is 3. The highest BCUT2D eigenvalue weighted by atomic mass is 79.9. The number of amides is 1. The second-order valence-corrected chi connectivity index (χ2v) is 6.01. The molecular weight excluding hydrogens is 321 g/mol. The van der Waals surface area contributed by atoms with Gasteiger partial charge in [0.25, 0.3) is 5.91 Å². The highest BCUT2D eigenvalue weighted by Gasteiger charge is 2.14. The zero-order valence-electron chi connectivity index (χ0n) is 11.3. The standard InChI is InChI=1S/C16H15BrFNO/c1-10-7-8-13(14(18)9-10)16(20)19-15-6-4-3-5-12(15)11(2)17/h3-9,11H,1-2H3,(H,19,20). The number of carbonyl (C=O) groups excluding carboxylic acids is 1. The summed E-state index contributed by atoms with van der Waals surface area (Å²) < 4.78 is 13.8. The molecule has 0 fully saturated rings. The van der Waals surface area contributed by atoms with Gasteiger partial charge in [-0.3, -0.25) is 4.79 Å². The van der Waals surface area contributed by atoms with Gasteiger partial charge in [0.15, 0.2) is 0 Å². The lowest BCUT2D eigenvalue weighted by Gasteiger charge is -2.13. The van der Waals surface area contributed by atoms with Crippen LogP contribution in [0.25, 0.3) is 0 Å². The first-order valence-electron chi connectivity index (χ1n) is 6.29. The van der Waals surface area contributed by atoms with Crippen LogP contribution in [0.1, 0.15) is 33.2 Å². The minimum absolute atomic E-state index is 0.0487. The van der Waals surface area contributed by atoms with Gasteiger partial charge in [-0.25, -0.2) is 4.39 Å². The summed E-state index contributed by atoms with van der Waals surface area (Å²) in [6.07, 6.45) is 0. The Morgan fingerprint density at radius 2 is 1.95 bits per heavy atom. The molecule has 104 valence electrons. The van der Waals surface area contributed by atoms with E-state index < -0.39 is 11.7 Å². The van der Waals surface area contributed by atoms with Crippen LogP contribution < -0.4 is 5.32 Å². The second kappa shape index (κ2) is 6.18. The van der Waals surface area contributed by atoms with Crippen molar-refractivity contribution in [2.75, 3.05) is 5.32 Å². The number of nitrogens with one attached hydrogen (secondary N) is 1. The third-order valence-corrected chi connectivity index (χ3v) is 3.50. The molecule has 0 aliphatic heterocycles. The number of para-hydroxylation sites is 1. The average Bonchev–Trinajstić information content (AvgIpc) is 2.38. The predicted molar refractivity (Wildman–Crippen MR) is 82.9 cm³/mol. The highest BCUT2D eigenvalue weighted by Crippen LogP contribution is 2.29. The summed E-state index contributed by atoms with van der Waals surface area (Å²) in [7, 11) is 0. The maximum Gasteiger partial charge on any atom is 0.258 e. The van der Waals surface area contributed by atoms with E-state index in [1.807, 2.05) is 25.1 Å². The minimum atomic E-state index is -0.508. The normalized spacial score (nSPS) is 12.0. The third-order valence-electron chi connectivity index (χ3n) is 3.01. The molecule has 1 N–H and O–H groups in total. The summed E-state index contributed by atoms with van der Waals surface area (Å²) in [5, 5.41) is 2.76. The molecule has 1 atom stereocenters. The van der Waals surface area contributed by atoms with Crippen LogP contribution in [0.15, 0.2) is 42.5 Å². The molecular formula is C16H15BrFNO. The topological polar surface area (TPSA) is 29.1 Å². The van der Waals surface area contributed by atoms with Gasteiger partial charge in [-0.1, -0.05) is 40.2 Å². The molecule has 0 radical (unpaired) electrons. The van der Waals surface area contributed by atoms with Crippen molar-refractivity contribution in [3.8, 4) is 0 Å². The van der Waals surface area contributed by atoms with E-state index in [-0.39, 0.29) is 10.4 Å². The van der Waals surface area contributed by atoms with Gasteiger partial charge in [-0.05, 0) is 43.2 Å². The van der Waals surface area contributed by atoms with Crippen LogP contribution in [0.5, 0.6) is 0 Å². The summed E-state index contributed by atoms with van der Waals surface area (Å²) in [6, 6.07) is 12.0. The average molecular weight is 336 g/mol. The van der Waals surface area contributed by atoms with E-state index in [1.54, 1.807) is 19.1 Å². The number of aryl methyl sites for hydroxylation is 1. The van der Waals surface area contributed by atoms with Crippen LogP contribution in [0.3, 0.4) is 0 Å². The molecule has 1 amide bonds. The third kappa shape index (κ3) is 3.25. The minimum Gasteiger partial charge on any atom is -0.322 e. The number of hydrogen-bond donors (Lipinski definition) is 1. The fourth-order valence-corrected chi connectivity index (χ4v) is 2.35. The van der Waals surface area contributed by atoms with Crippen LogP contribution in [0.4, 0.5) is 10.1 Å². The Balaban J connectivity index is 2.28. The van der Waals surface area contributed by atoms with E-state index >= 15 is 0 Å². The van der Waals surface area contributed by atoms with Gasteiger partial charge in [0.05, 0.1) is 5.56 Å². The maximum absolute atomic E-state index is 13.8. The van der Waals surface area contributed by atoms with Gasteiger partial charge in [-0.15, -0.1) is 0 Å². The van der Waals surface area contributed by atoms with E-state index in [0.29, 0.717) is 5.69 Å². The molecule has 4 heteroatoms. The molecule has 0 bridgehead atoms. The van der Waals surface area contributed by atoms with E-state index in [1.165, 1.54) is 12.1 Å². The lowest BCUT2D eigenvalue weighted by molar-refractivity contribution is 0.102. The number of halogens is 2. The van der Waals surface area contributed by atoms with Crippen LogP contribution in [0, 0.1) is 12.7 Å². The Hall–Kier alpha value is -1.68. The molecule has 0 aromatic heterocycles.